The van der Waals surface area contributed by atoms with Gasteiger partial charge in [-0.15, -0.1) is 0 Å². The molecule has 0 radical (unpaired) electrons. The zero-order chi connectivity index (χ0) is 19.6. The lowest BCUT2D eigenvalue weighted by molar-refractivity contribution is 0.102. The molecule has 0 aromatic heterocycles. The van der Waals surface area contributed by atoms with E-state index in [1.165, 1.54) is 0 Å². The minimum atomic E-state index is -0.249. The summed E-state index contributed by atoms with van der Waals surface area (Å²) in [6.07, 6.45) is 0. The number of rotatable bonds is 9. The summed E-state index contributed by atoms with van der Waals surface area (Å²) in [5, 5.41) is 2.90. The molecule has 0 fully saturated rings. The molecule has 0 aliphatic rings. The van der Waals surface area contributed by atoms with Gasteiger partial charge in [0, 0.05) is 0 Å². The molecule has 144 valence electrons. The van der Waals surface area contributed by atoms with Gasteiger partial charge in [-0.3, -0.25) is 4.79 Å². The van der Waals surface area contributed by atoms with E-state index in [9.17, 15) is 4.79 Å². The highest BCUT2D eigenvalue weighted by molar-refractivity contribution is 6.06. The van der Waals surface area contributed by atoms with Gasteiger partial charge in [0.2, 0.25) is 0 Å². The van der Waals surface area contributed by atoms with E-state index < -0.39 is 0 Å². The fraction of sp³-hybridized carbons (Fsp3) is 0.174. The highest BCUT2D eigenvalue weighted by Crippen LogP contribution is 2.26. The molecule has 3 aromatic rings. The second-order valence-corrected chi connectivity index (χ2v) is 5.89. The summed E-state index contributed by atoms with van der Waals surface area (Å²) >= 11 is 0. The molecule has 0 spiro atoms. The first-order valence-electron chi connectivity index (χ1n) is 9.21. The van der Waals surface area contributed by atoms with E-state index in [1.807, 2.05) is 61.5 Å². The molecular formula is C23H23NO4. The summed E-state index contributed by atoms with van der Waals surface area (Å²) in [5.41, 5.74) is 1.07. The molecule has 5 nitrogen and oxygen atoms in total. The Morgan fingerprint density at radius 3 is 2.18 bits per heavy atom. The van der Waals surface area contributed by atoms with Gasteiger partial charge in [-0.2, -0.15) is 0 Å². The number of amides is 1. The Balaban J connectivity index is 1.61. The maximum Gasteiger partial charge on any atom is 0.259 e. The molecule has 3 rings (SSSR count). The van der Waals surface area contributed by atoms with Crippen LogP contribution in [0.4, 0.5) is 5.69 Å². The number of hydrogen-bond acceptors (Lipinski definition) is 4. The largest absolute Gasteiger partial charge is 0.493 e. The third-order valence-corrected chi connectivity index (χ3v) is 3.92. The van der Waals surface area contributed by atoms with Gasteiger partial charge < -0.3 is 19.5 Å². The molecule has 0 bridgehead atoms. The van der Waals surface area contributed by atoms with Crippen molar-refractivity contribution in [1.29, 1.82) is 0 Å². The first-order chi connectivity index (χ1) is 13.8. The average Bonchev–Trinajstić information content (AvgIpc) is 2.73. The zero-order valence-corrected chi connectivity index (χ0v) is 15.8. The number of carbonyl (C=O) groups is 1. The van der Waals surface area contributed by atoms with E-state index in [4.69, 9.17) is 14.2 Å². The van der Waals surface area contributed by atoms with Gasteiger partial charge in [0.05, 0.1) is 17.9 Å². The SMILES string of the molecule is CCOc1ccccc1C(=O)Nc1ccccc1OCCOc1ccccc1. The number of hydrogen-bond donors (Lipinski definition) is 1. The molecule has 5 heteroatoms. The Bertz CT molecular complexity index is 896. The number of nitrogens with one attached hydrogen (secondary N) is 1. The highest BCUT2D eigenvalue weighted by atomic mass is 16.5. The van der Waals surface area contributed by atoms with E-state index in [1.54, 1.807) is 24.3 Å². The molecule has 0 unspecified atom stereocenters. The van der Waals surface area contributed by atoms with Crippen LogP contribution >= 0.6 is 0 Å². The van der Waals surface area contributed by atoms with E-state index >= 15 is 0 Å². The van der Waals surface area contributed by atoms with Crippen molar-refractivity contribution in [2.45, 2.75) is 6.92 Å². The first kappa shape index (κ1) is 19.3. The monoisotopic (exact) mass is 377 g/mol. The van der Waals surface area contributed by atoms with Crippen LogP contribution in [0.2, 0.25) is 0 Å². The van der Waals surface area contributed by atoms with Gasteiger partial charge in [-0.25, -0.2) is 0 Å². The van der Waals surface area contributed by atoms with Crippen molar-refractivity contribution in [1.82, 2.24) is 0 Å². The predicted octanol–water partition coefficient (Wildman–Crippen LogP) is 4.80. The Hall–Kier alpha value is -3.47. The lowest BCUT2D eigenvalue weighted by Gasteiger charge is -2.14. The summed E-state index contributed by atoms with van der Waals surface area (Å²) in [6, 6.07) is 24.0. The fourth-order valence-corrected chi connectivity index (χ4v) is 2.65. The number of anilines is 1. The number of benzene rings is 3. The third kappa shape index (κ3) is 5.27. The minimum Gasteiger partial charge on any atom is -0.493 e. The fourth-order valence-electron chi connectivity index (χ4n) is 2.65. The van der Waals surface area contributed by atoms with Crippen LogP contribution in [0.1, 0.15) is 17.3 Å². The van der Waals surface area contributed by atoms with Crippen LogP contribution < -0.4 is 19.5 Å². The van der Waals surface area contributed by atoms with Gasteiger partial charge in [0.25, 0.3) is 5.91 Å². The molecular weight excluding hydrogens is 354 g/mol. The Kier molecular flexibility index (Phi) is 6.90. The van der Waals surface area contributed by atoms with Crippen LogP contribution in [0.5, 0.6) is 17.2 Å². The van der Waals surface area contributed by atoms with Crippen LogP contribution in [0, 0.1) is 0 Å². The summed E-state index contributed by atoms with van der Waals surface area (Å²) in [4.78, 5) is 12.7. The molecule has 0 aliphatic carbocycles. The molecule has 28 heavy (non-hydrogen) atoms. The van der Waals surface area contributed by atoms with Crippen molar-refractivity contribution < 1.29 is 19.0 Å². The summed E-state index contributed by atoms with van der Waals surface area (Å²) in [5.74, 6) is 1.68. The Morgan fingerprint density at radius 2 is 1.39 bits per heavy atom. The van der Waals surface area contributed by atoms with Gasteiger partial charge in [0.1, 0.15) is 30.5 Å². The molecule has 0 saturated carbocycles. The molecule has 0 heterocycles. The van der Waals surface area contributed by atoms with Gasteiger partial charge in [-0.05, 0) is 43.3 Å². The minimum absolute atomic E-state index is 0.249. The summed E-state index contributed by atoms with van der Waals surface area (Å²) in [7, 11) is 0. The zero-order valence-electron chi connectivity index (χ0n) is 15.8. The van der Waals surface area contributed by atoms with Crippen molar-refractivity contribution in [3.05, 3.63) is 84.4 Å². The maximum atomic E-state index is 12.7. The van der Waals surface area contributed by atoms with E-state index in [0.29, 0.717) is 42.6 Å². The number of carbonyl (C=O) groups excluding carboxylic acids is 1. The standard InChI is InChI=1S/C23H23NO4/c1-2-26-21-14-8-6-12-19(21)23(25)24-20-13-7-9-15-22(20)28-17-16-27-18-10-4-3-5-11-18/h3-15H,2,16-17H2,1H3,(H,24,25). The second-order valence-electron chi connectivity index (χ2n) is 5.89. The van der Waals surface area contributed by atoms with Crippen LogP contribution in [-0.4, -0.2) is 25.7 Å². The van der Waals surface area contributed by atoms with E-state index in [0.717, 1.165) is 5.75 Å². The number of para-hydroxylation sites is 4. The van der Waals surface area contributed by atoms with Crippen LogP contribution in [-0.2, 0) is 0 Å². The smallest absolute Gasteiger partial charge is 0.259 e. The van der Waals surface area contributed by atoms with Crippen molar-refractivity contribution >= 4 is 11.6 Å². The molecule has 3 aromatic carbocycles. The lowest BCUT2D eigenvalue weighted by Crippen LogP contribution is -2.15. The third-order valence-electron chi connectivity index (χ3n) is 3.92. The molecule has 1 amide bonds. The normalized spacial score (nSPS) is 10.2. The van der Waals surface area contributed by atoms with E-state index in [-0.39, 0.29) is 5.91 Å². The molecule has 1 N–H and O–H groups in total. The summed E-state index contributed by atoms with van der Waals surface area (Å²) in [6.45, 7) is 3.14. The van der Waals surface area contributed by atoms with Crippen LogP contribution in [0.25, 0.3) is 0 Å². The lowest BCUT2D eigenvalue weighted by atomic mass is 10.2. The van der Waals surface area contributed by atoms with E-state index in [2.05, 4.69) is 5.32 Å². The Morgan fingerprint density at radius 1 is 0.750 bits per heavy atom. The quantitative estimate of drug-likeness (QED) is 0.545. The van der Waals surface area contributed by atoms with Crippen molar-refractivity contribution in [3.8, 4) is 17.2 Å². The average molecular weight is 377 g/mol. The van der Waals surface area contributed by atoms with Crippen molar-refractivity contribution in [2.75, 3.05) is 25.1 Å². The first-order valence-corrected chi connectivity index (χ1v) is 9.21. The molecule has 0 aliphatic heterocycles. The van der Waals surface area contributed by atoms with Crippen LogP contribution in [0.3, 0.4) is 0 Å². The summed E-state index contributed by atoms with van der Waals surface area (Å²) < 4.78 is 17.0. The maximum absolute atomic E-state index is 12.7. The molecule has 0 atom stereocenters. The highest BCUT2D eigenvalue weighted by Gasteiger charge is 2.14. The van der Waals surface area contributed by atoms with Crippen LogP contribution in [0.15, 0.2) is 78.9 Å². The second kappa shape index (κ2) is 10.0. The van der Waals surface area contributed by atoms with Gasteiger partial charge in [0.15, 0.2) is 0 Å². The van der Waals surface area contributed by atoms with Crippen molar-refractivity contribution in [3.63, 3.8) is 0 Å². The predicted molar refractivity (Wildman–Crippen MR) is 109 cm³/mol. The molecule has 0 saturated heterocycles. The van der Waals surface area contributed by atoms with Crippen molar-refractivity contribution in [2.24, 2.45) is 0 Å². The van der Waals surface area contributed by atoms with Gasteiger partial charge >= 0.3 is 0 Å². The van der Waals surface area contributed by atoms with Gasteiger partial charge in [-0.1, -0.05) is 42.5 Å². The Labute approximate surface area is 164 Å². The topological polar surface area (TPSA) is 56.8 Å². The number of ether oxygens (including phenoxy) is 3.